The Morgan fingerprint density at radius 3 is 2.15 bits per heavy atom. The zero-order valence-electron chi connectivity index (χ0n) is 20.2. The molecule has 34 heavy (non-hydrogen) atoms. The molecular weight excluding hydrogens is 452 g/mol. The van der Waals surface area contributed by atoms with Gasteiger partial charge in [0, 0.05) is 11.3 Å². The van der Waals surface area contributed by atoms with Crippen molar-refractivity contribution < 1.29 is 22.7 Å². The average Bonchev–Trinajstić information content (AvgIpc) is 2.80. The topological polar surface area (TPSA) is 93.7 Å². The Hall–Kier alpha value is -3.52. The van der Waals surface area contributed by atoms with E-state index in [2.05, 4.69) is 10.0 Å². The van der Waals surface area contributed by atoms with Crippen LogP contribution in [0, 0.1) is 20.8 Å². The van der Waals surface area contributed by atoms with Gasteiger partial charge >= 0.3 is 0 Å². The average molecular weight is 483 g/mol. The van der Waals surface area contributed by atoms with Crippen LogP contribution in [0.3, 0.4) is 0 Å². The molecule has 3 rings (SSSR count). The Labute approximate surface area is 201 Å². The highest BCUT2D eigenvalue weighted by Crippen LogP contribution is 2.30. The maximum atomic E-state index is 13.1. The summed E-state index contributed by atoms with van der Waals surface area (Å²) in [6, 6.07) is 15.1. The Bertz CT molecular complexity index is 1320. The smallest absolute Gasteiger partial charge is 0.262 e. The summed E-state index contributed by atoms with van der Waals surface area (Å²) in [5.41, 5.74) is 4.14. The van der Waals surface area contributed by atoms with Gasteiger partial charge in [0.1, 0.15) is 0 Å². The molecular formula is C26H30N2O5S. The summed E-state index contributed by atoms with van der Waals surface area (Å²) in [4.78, 5) is 13.0. The van der Waals surface area contributed by atoms with Crippen LogP contribution in [0.5, 0.6) is 11.5 Å². The molecule has 7 nitrogen and oxygen atoms in total. The van der Waals surface area contributed by atoms with Crippen LogP contribution in [0.1, 0.15) is 45.6 Å². The maximum absolute atomic E-state index is 13.1. The second-order valence-corrected chi connectivity index (χ2v) is 9.85. The zero-order valence-corrected chi connectivity index (χ0v) is 21.0. The van der Waals surface area contributed by atoms with Gasteiger partial charge in [-0.15, -0.1) is 0 Å². The van der Waals surface area contributed by atoms with Crippen molar-refractivity contribution in [2.75, 3.05) is 18.9 Å². The number of rotatable bonds is 8. The fourth-order valence-corrected chi connectivity index (χ4v) is 4.85. The van der Waals surface area contributed by atoms with Crippen molar-refractivity contribution in [2.45, 2.75) is 38.6 Å². The van der Waals surface area contributed by atoms with Gasteiger partial charge in [0.15, 0.2) is 11.5 Å². The normalized spacial score (nSPS) is 12.1. The monoisotopic (exact) mass is 482 g/mol. The first-order valence-corrected chi connectivity index (χ1v) is 12.3. The number of methoxy groups -OCH3 is 2. The van der Waals surface area contributed by atoms with E-state index in [0.717, 1.165) is 16.7 Å². The molecule has 1 amide bonds. The second kappa shape index (κ2) is 10.2. The Kier molecular flexibility index (Phi) is 7.51. The number of carbonyl (C=O) groups is 1. The quantitative estimate of drug-likeness (QED) is 0.475. The zero-order chi connectivity index (χ0) is 25.0. The summed E-state index contributed by atoms with van der Waals surface area (Å²) in [5, 5.41) is 2.91. The van der Waals surface area contributed by atoms with Crippen LogP contribution in [0.4, 0.5) is 5.69 Å². The van der Waals surface area contributed by atoms with Crippen LogP contribution in [0.2, 0.25) is 0 Å². The standard InChI is InChI=1S/C26H30N2O5S/c1-16-8-11-22(13-18(16)3)28-34(30,31)25-15-21(9-7-17(25)2)26(29)27-19(4)20-10-12-23(32-5)24(14-20)33-6/h7-15,19,28H,1-6H3,(H,27,29)/t19-/m1/s1. The molecule has 180 valence electrons. The van der Waals surface area contributed by atoms with Crippen molar-refractivity contribution in [1.29, 1.82) is 0 Å². The number of amides is 1. The largest absolute Gasteiger partial charge is 0.493 e. The minimum atomic E-state index is -3.89. The Morgan fingerprint density at radius 1 is 0.824 bits per heavy atom. The van der Waals surface area contributed by atoms with E-state index in [0.29, 0.717) is 22.7 Å². The molecule has 2 N–H and O–H groups in total. The summed E-state index contributed by atoms with van der Waals surface area (Å²) in [6.45, 7) is 7.42. The lowest BCUT2D eigenvalue weighted by molar-refractivity contribution is 0.0939. The van der Waals surface area contributed by atoms with Gasteiger partial charge in [-0.2, -0.15) is 0 Å². The molecule has 0 unspecified atom stereocenters. The molecule has 0 heterocycles. The molecule has 0 aliphatic carbocycles. The van der Waals surface area contributed by atoms with E-state index in [-0.39, 0.29) is 22.4 Å². The summed E-state index contributed by atoms with van der Waals surface area (Å²) in [7, 11) is -0.785. The number of nitrogens with one attached hydrogen (secondary N) is 2. The lowest BCUT2D eigenvalue weighted by Gasteiger charge is -2.17. The van der Waals surface area contributed by atoms with Crippen molar-refractivity contribution in [3.05, 3.63) is 82.4 Å². The van der Waals surface area contributed by atoms with Crippen molar-refractivity contribution >= 4 is 21.6 Å². The maximum Gasteiger partial charge on any atom is 0.262 e. The fraction of sp³-hybridized carbons (Fsp3) is 0.269. The van der Waals surface area contributed by atoms with E-state index in [9.17, 15) is 13.2 Å². The molecule has 0 aromatic heterocycles. The van der Waals surface area contributed by atoms with E-state index in [4.69, 9.17) is 9.47 Å². The van der Waals surface area contributed by atoms with Crippen molar-refractivity contribution in [3.63, 3.8) is 0 Å². The third kappa shape index (κ3) is 5.51. The van der Waals surface area contributed by atoms with E-state index in [1.807, 2.05) is 32.9 Å². The van der Waals surface area contributed by atoms with Crippen molar-refractivity contribution in [1.82, 2.24) is 5.32 Å². The molecule has 3 aromatic rings. The Balaban J connectivity index is 1.83. The van der Waals surface area contributed by atoms with Crippen molar-refractivity contribution in [3.8, 4) is 11.5 Å². The third-order valence-corrected chi connectivity index (χ3v) is 7.28. The number of hydrogen-bond donors (Lipinski definition) is 2. The van der Waals surface area contributed by atoms with Gasteiger partial charge in [0.05, 0.1) is 25.2 Å². The molecule has 0 saturated carbocycles. The summed E-state index contributed by atoms with van der Waals surface area (Å²) >= 11 is 0. The molecule has 3 aromatic carbocycles. The third-order valence-electron chi connectivity index (χ3n) is 5.75. The predicted molar refractivity (Wildman–Crippen MR) is 133 cm³/mol. The molecule has 0 saturated heterocycles. The highest BCUT2D eigenvalue weighted by atomic mass is 32.2. The van der Waals surface area contributed by atoms with Crippen LogP contribution in [-0.4, -0.2) is 28.5 Å². The number of sulfonamides is 1. The van der Waals surface area contributed by atoms with Gasteiger partial charge in [-0.05, 0) is 86.3 Å². The van der Waals surface area contributed by atoms with Crippen LogP contribution in [0.25, 0.3) is 0 Å². The van der Waals surface area contributed by atoms with Crippen LogP contribution in [0.15, 0.2) is 59.5 Å². The first-order valence-electron chi connectivity index (χ1n) is 10.8. The summed E-state index contributed by atoms with van der Waals surface area (Å²) in [5.74, 6) is 0.765. The first-order chi connectivity index (χ1) is 16.1. The molecule has 0 aliphatic heterocycles. The van der Waals surface area contributed by atoms with Gasteiger partial charge in [0.2, 0.25) is 0 Å². The SMILES string of the molecule is COc1ccc([C@@H](C)NC(=O)c2ccc(C)c(S(=O)(=O)Nc3ccc(C)c(C)c3)c2)cc1OC. The number of hydrogen-bond acceptors (Lipinski definition) is 5. The van der Waals surface area contributed by atoms with Gasteiger partial charge in [-0.3, -0.25) is 9.52 Å². The Morgan fingerprint density at radius 2 is 1.50 bits per heavy atom. The van der Waals surface area contributed by atoms with Crippen LogP contribution < -0.4 is 19.5 Å². The lowest BCUT2D eigenvalue weighted by Crippen LogP contribution is -2.27. The molecule has 0 spiro atoms. The number of benzene rings is 3. The fourth-order valence-electron chi connectivity index (χ4n) is 3.53. The number of aryl methyl sites for hydroxylation is 3. The van der Waals surface area contributed by atoms with Gasteiger partial charge in [0.25, 0.3) is 15.9 Å². The second-order valence-electron chi connectivity index (χ2n) is 8.19. The van der Waals surface area contributed by atoms with Crippen LogP contribution >= 0.6 is 0 Å². The summed E-state index contributed by atoms with van der Waals surface area (Å²) in [6.07, 6.45) is 0. The molecule has 0 aliphatic rings. The molecule has 1 atom stereocenters. The minimum Gasteiger partial charge on any atom is -0.493 e. The predicted octanol–water partition coefficient (Wildman–Crippen LogP) is 4.92. The number of anilines is 1. The van der Waals surface area contributed by atoms with E-state index in [1.165, 1.54) is 6.07 Å². The molecule has 8 heteroatoms. The van der Waals surface area contributed by atoms with Gasteiger partial charge < -0.3 is 14.8 Å². The minimum absolute atomic E-state index is 0.0529. The van der Waals surface area contributed by atoms with E-state index in [1.54, 1.807) is 57.5 Å². The van der Waals surface area contributed by atoms with Crippen molar-refractivity contribution in [2.24, 2.45) is 0 Å². The van der Waals surface area contributed by atoms with Gasteiger partial charge in [-0.1, -0.05) is 18.2 Å². The van der Waals surface area contributed by atoms with E-state index < -0.39 is 10.0 Å². The lowest BCUT2D eigenvalue weighted by atomic mass is 10.1. The highest BCUT2D eigenvalue weighted by molar-refractivity contribution is 7.92. The summed E-state index contributed by atoms with van der Waals surface area (Å²) < 4.78 is 39.4. The highest BCUT2D eigenvalue weighted by Gasteiger charge is 2.21. The van der Waals surface area contributed by atoms with Gasteiger partial charge in [-0.25, -0.2) is 8.42 Å². The number of ether oxygens (including phenoxy) is 2. The first kappa shape index (κ1) is 25.1. The number of carbonyl (C=O) groups excluding carboxylic acids is 1. The molecule has 0 bridgehead atoms. The molecule has 0 radical (unpaired) electrons. The van der Waals surface area contributed by atoms with E-state index >= 15 is 0 Å². The van der Waals surface area contributed by atoms with Crippen LogP contribution in [-0.2, 0) is 10.0 Å². The molecule has 0 fully saturated rings.